The molecule has 0 saturated carbocycles. The number of hydrogen-bond acceptors (Lipinski definition) is 7. The molecule has 0 spiro atoms. The van der Waals surface area contributed by atoms with Gasteiger partial charge in [-0.2, -0.15) is 0 Å². The van der Waals surface area contributed by atoms with Gasteiger partial charge in [-0.3, -0.25) is 0 Å². The number of nitrogens with zero attached hydrogens (tertiary/aromatic N) is 2. The molecule has 1 N–H and O–H groups in total. The van der Waals surface area contributed by atoms with Gasteiger partial charge >= 0.3 is 5.97 Å². The SMILES string of the molecule is COc1cc(OC)cc(-c2nnc(S/C(=C\c3ccccc3Cl)C(=O)O)o2)c1. The Hall–Kier alpha value is -2.97. The van der Waals surface area contributed by atoms with Gasteiger partial charge in [0.1, 0.15) is 16.4 Å². The van der Waals surface area contributed by atoms with E-state index in [4.69, 9.17) is 25.5 Å². The Bertz CT molecular complexity index is 1010. The number of hydrogen-bond donors (Lipinski definition) is 1. The van der Waals surface area contributed by atoms with Crippen molar-refractivity contribution in [3.8, 4) is 23.0 Å². The van der Waals surface area contributed by atoms with Crippen LogP contribution in [0.25, 0.3) is 17.5 Å². The number of carbonyl (C=O) groups is 1. The molecule has 1 aromatic heterocycles. The quantitative estimate of drug-likeness (QED) is 0.438. The van der Waals surface area contributed by atoms with Crippen LogP contribution in [0.15, 0.2) is 57.0 Å². The lowest BCUT2D eigenvalue weighted by Gasteiger charge is -2.05. The Morgan fingerprint density at radius 3 is 2.43 bits per heavy atom. The van der Waals surface area contributed by atoms with E-state index in [0.29, 0.717) is 27.6 Å². The van der Waals surface area contributed by atoms with Crippen LogP contribution in [0, 0.1) is 0 Å². The predicted octanol–water partition coefficient (Wildman–Crippen LogP) is 4.63. The summed E-state index contributed by atoms with van der Waals surface area (Å²) in [7, 11) is 3.07. The van der Waals surface area contributed by atoms with E-state index in [1.165, 1.54) is 20.3 Å². The normalized spacial score (nSPS) is 11.3. The largest absolute Gasteiger partial charge is 0.497 e. The fourth-order valence-electron chi connectivity index (χ4n) is 2.26. The van der Waals surface area contributed by atoms with Crippen LogP contribution in [-0.4, -0.2) is 35.5 Å². The highest BCUT2D eigenvalue weighted by molar-refractivity contribution is 8.03. The first kappa shape index (κ1) is 19.8. The van der Waals surface area contributed by atoms with Gasteiger partial charge in [0.05, 0.1) is 14.2 Å². The number of rotatable bonds is 7. The van der Waals surface area contributed by atoms with Crippen LogP contribution in [0.1, 0.15) is 5.56 Å². The minimum Gasteiger partial charge on any atom is -0.497 e. The highest BCUT2D eigenvalue weighted by Gasteiger charge is 2.17. The molecular formula is C19H15ClN2O5S. The summed E-state index contributed by atoms with van der Waals surface area (Å²) in [6.45, 7) is 0. The predicted molar refractivity (Wildman–Crippen MR) is 106 cm³/mol. The molecular weight excluding hydrogens is 404 g/mol. The van der Waals surface area contributed by atoms with E-state index in [-0.39, 0.29) is 16.0 Å². The Kier molecular flexibility index (Phi) is 6.23. The summed E-state index contributed by atoms with van der Waals surface area (Å²) >= 11 is 6.93. The monoisotopic (exact) mass is 418 g/mol. The minimum atomic E-state index is -1.13. The number of carboxylic acid groups (broad SMARTS) is 1. The Labute approximate surface area is 169 Å². The second-order valence-corrected chi connectivity index (χ2v) is 6.81. The first-order valence-electron chi connectivity index (χ1n) is 7.94. The van der Waals surface area contributed by atoms with E-state index in [9.17, 15) is 9.90 Å². The van der Waals surface area contributed by atoms with Crippen LogP contribution >= 0.6 is 23.4 Å². The number of aromatic nitrogens is 2. The lowest BCUT2D eigenvalue weighted by atomic mass is 10.2. The van der Waals surface area contributed by atoms with Crippen molar-refractivity contribution in [3.63, 3.8) is 0 Å². The molecule has 7 nitrogen and oxygen atoms in total. The van der Waals surface area contributed by atoms with Crippen LogP contribution in [0.2, 0.25) is 5.02 Å². The van der Waals surface area contributed by atoms with Gasteiger partial charge < -0.3 is 19.0 Å². The number of thioether (sulfide) groups is 1. The molecule has 3 aromatic rings. The summed E-state index contributed by atoms with van der Waals surface area (Å²) in [5.41, 5.74) is 1.16. The maximum absolute atomic E-state index is 11.6. The van der Waals surface area contributed by atoms with Crippen molar-refractivity contribution in [2.24, 2.45) is 0 Å². The molecule has 0 atom stereocenters. The van der Waals surface area contributed by atoms with Gasteiger partial charge in [0.2, 0.25) is 5.89 Å². The maximum atomic E-state index is 11.6. The van der Waals surface area contributed by atoms with Crippen LogP contribution in [-0.2, 0) is 4.79 Å². The van der Waals surface area contributed by atoms with Crippen molar-refractivity contribution in [3.05, 3.63) is 58.0 Å². The molecule has 2 aromatic carbocycles. The molecule has 9 heteroatoms. The number of methoxy groups -OCH3 is 2. The van der Waals surface area contributed by atoms with Gasteiger partial charge in [0.15, 0.2) is 0 Å². The van der Waals surface area contributed by atoms with Crippen LogP contribution in [0.4, 0.5) is 0 Å². The fraction of sp³-hybridized carbons (Fsp3) is 0.105. The molecule has 0 aliphatic heterocycles. The van der Waals surface area contributed by atoms with Gasteiger partial charge in [-0.1, -0.05) is 29.8 Å². The first-order valence-corrected chi connectivity index (χ1v) is 9.14. The Morgan fingerprint density at radius 1 is 1.14 bits per heavy atom. The molecule has 144 valence electrons. The standard InChI is InChI=1S/C19H15ClN2O5S/c1-25-13-7-12(8-14(10-13)26-2)17-21-22-19(27-17)28-16(18(23)24)9-11-5-3-4-6-15(11)20/h3-10H,1-2H3,(H,23,24)/b16-9-. The number of halogens is 1. The smallest absolute Gasteiger partial charge is 0.342 e. The molecule has 0 saturated heterocycles. The lowest BCUT2D eigenvalue weighted by Crippen LogP contribution is -1.97. The van der Waals surface area contributed by atoms with E-state index in [0.717, 1.165) is 11.8 Å². The third-order valence-electron chi connectivity index (χ3n) is 3.60. The summed E-state index contributed by atoms with van der Waals surface area (Å²) in [5, 5.41) is 17.9. The number of aliphatic carboxylic acids is 1. The second kappa shape index (κ2) is 8.81. The average Bonchev–Trinajstić information content (AvgIpc) is 3.17. The van der Waals surface area contributed by atoms with Gasteiger partial charge in [-0.25, -0.2) is 4.79 Å². The zero-order valence-corrected chi connectivity index (χ0v) is 16.5. The van der Waals surface area contributed by atoms with E-state index in [1.807, 2.05) is 0 Å². The van der Waals surface area contributed by atoms with Gasteiger partial charge in [-0.15, -0.1) is 10.2 Å². The molecule has 0 bridgehead atoms. The zero-order valence-electron chi connectivity index (χ0n) is 14.9. The van der Waals surface area contributed by atoms with Crippen LogP contribution in [0.3, 0.4) is 0 Å². The molecule has 0 radical (unpaired) electrons. The van der Waals surface area contributed by atoms with Crippen molar-refractivity contribution in [2.45, 2.75) is 5.22 Å². The summed E-state index contributed by atoms with van der Waals surface area (Å²) < 4.78 is 16.1. The van der Waals surface area contributed by atoms with Crippen LogP contribution < -0.4 is 9.47 Å². The maximum Gasteiger partial charge on any atom is 0.342 e. The minimum absolute atomic E-state index is 0.00785. The van der Waals surface area contributed by atoms with Gasteiger partial charge in [0, 0.05) is 16.7 Å². The summed E-state index contributed by atoms with van der Waals surface area (Å²) in [6, 6.07) is 12.1. The van der Waals surface area contributed by atoms with Crippen molar-refractivity contribution < 1.29 is 23.8 Å². The zero-order chi connectivity index (χ0) is 20.1. The number of benzene rings is 2. The van der Waals surface area contributed by atoms with E-state index in [2.05, 4.69) is 10.2 Å². The van der Waals surface area contributed by atoms with E-state index < -0.39 is 5.97 Å². The third-order valence-corrected chi connectivity index (χ3v) is 4.80. The molecule has 1 heterocycles. The topological polar surface area (TPSA) is 94.7 Å². The molecule has 0 fully saturated rings. The first-order chi connectivity index (χ1) is 13.5. The van der Waals surface area contributed by atoms with Crippen LogP contribution in [0.5, 0.6) is 11.5 Å². The third kappa shape index (κ3) is 4.65. The van der Waals surface area contributed by atoms with Crippen molar-refractivity contribution in [2.75, 3.05) is 14.2 Å². The number of ether oxygens (including phenoxy) is 2. The Balaban J connectivity index is 1.89. The van der Waals surface area contributed by atoms with Crippen molar-refractivity contribution >= 4 is 35.4 Å². The van der Waals surface area contributed by atoms with E-state index in [1.54, 1.807) is 42.5 Å². The average molecular weight is 419 g/mol. The molecule has 3 rings (SSSR count). The fourth-order valence-corrected chi connectivity index (χ4v) is 3.11. The summed E-state index contributed by atoms with van der Waals surface area (Å²) in [4.78, 5) is 11.6. The van der Waals surface area contributed by atoms with Gasteiger partial charge in [0.25, 0.3) is 5.22 Å². The molecule has 28 heavy (non-hydrogen) atoms. The molecule has 0 unspecified atom stereocenters. The lowest BCUT2D eigenvalue weighted by molar-refractivity contribution is -0.131. The van der Waals surface area contributed by atoms with Crippen molar-refractivity contribution in [1.82, 2.24) is 10.2 Å². The second-order valence-electron chi connectivity index (χ2n) is 5.41. The molecule has 0 amide bonds. The van der Waals surface area contributed by atoms with Gasteiger partial charge in [-0.05, 0) is 41.6 Å². The summed E-state index contributed by atoms with van der Waals surface area (Å²) in [6.07, 6.45) is 1.45. The molecule has 0 aliphatic carbocycles. The molecule has 0 aliphatic rings. The highest BCUT2D eigenvalue weighted by atomic mass is 35.5. The summed E-state index contributed by atoms with van der Waals surface area (Å²) in [5.74, 6) is 0.202. The number of carboxylic acids is 1. The highest BCUT2D eigenvalue weighted by Crippen LogP contribution is 2.33. The van der Waals surface area contributed by atoms with Crippen molar-refractivity contribution in [1.29, 1.82) is 0 Å². The Morgan fingerprint density at radius 2 is 1.82 bits per heavy atom. The van der Waals surface area contributed by atoms with E-state index >= 15 is 0 Å².